The zero-order valence-corrected chi connectivity index (χ0v) is 19.0. The lowest BCUT2D eigenvalue weighted by Gasteiger charge is -2.37. The van der Waals surface area contributed by atoms with E-state index in [-0.39, 0.29) is 31.2 Å². The molecule has 3 amide bonds. The Bertz CT molecular complexity index is 1350. The highest BCUT2D eigenvalue weighted by Gasteiger charge is 2.41. The van der Waals surface area contributed by atoms with E-state index in [1.165, 1.54) is 23.4 Å². The first kappa shape index (κ1) is 21.7. The largest absolute Gasteiger partial charge is 0.443 e. The number of nitrogens with one attached hydrogen (secondary N) is 1. The molecule has 3 aromatic rings. The molecular weight excluding hydrogens is 453 g/mol. The molecule has 1 unspecified atom stereocenters. The number of anilines is 1. The van der Waals surface area contributed by atoms with Crippen LogP contribution in [-0.4, -0.2) is 64.7 Å². The van der Waals surface area contributed by atoms with E-state index >= 15 is 0 Å². The lowest BCUT2D eigenvalue weighted by atomic mass is 10.0. The molecule has 0 spiro atoms. The molecule has 2 aromatic carbocycles. The number of nitrogens with zero attached hydrogens (tertiary/aromatic N) is 4. The van der Waals surface area contributed by atoms with Gasteiger partial charge in [0, 0.05) is 62.5 Å². The summed E-state index contributed by atoms with van der Waals surface area (Å²) in [4.78, 5) is 47.1. The lowest BCUT2D eigenvalue weighted by Crippen LogP contribution is -2.52. The van der Waals surface area contributed by atoms with Crippen LogP contribution in [0.2, 0.25) is 0 Å². The van der Waals surface area contributed by atoms with Gasteiger partial charge in [-0.3, -0.25) is 24.6 Å². The summed E-state index contributed by atoms with van der Waals surface area (Å²) in [6, 6.07) is 8.00. The average molecular weight is 477 g/mol. The highest BCUT2D eigenvalue weighted by Crippen LogP contribution is 2.35. The Hall–Kier alpha value is -3.79. The van der Waals surface area contributed by atoms with E-state index in [4.69, 9.17) is 4.42 Å². The minimum absolute atomic E-state index is 0.184. The van der Waals surface area contributed by atoms with Gasteiger partial charge in [-0.15, -0.1) is 0 Å². The number of carbonyl (C=O) groups excluding carboxylic acids is 3. The third kappa shape index (κ3) is 3.93. The summed E-state index contributed by atoms with van der Waals surface area (Å²) in [6.07, 6.45) is 1.90. The number of piperidine rings is 1. The van der Waals surface area contributed by atoms with Crippen molar-refractivity contribution in [2.75, 3.05) is 31.1 Å². The van der Waals surface area contributed by atoms with Crippen LogP contribution in [0.3, 0.4) is 0 Å². The molecule has 0 bridgehead atoms. The van der Waals surface area contributed by atoms with Crippen molar-refractivity contribution < 1.29 is 23.2 Å². The standard InChI is InChI=1S/C25H24FN5O4/c26-16-10-17-18(13-31(25(17)34)20-2-4-23(32)28-24(20)33)21(11-16)30-7-5-29(6-8-30)12-15-1-3-22-19(9-15)27-14-35-22/h1,3,9-11,14,20H,2,4-8,12-13H2,(H,28,32,33). The molecule has 6 rings (SSSR count). The van der Waals surface area contributed by atoms with Crippen molar-refractivity contribution in [2.24, 2.45) is 0 Å². The Morgan fingerprint density at radius 3 is 2.71 bits per heavy atom. The van der Waals surface area contributed by atoms with Gasteiger partial charge >= 0.3 is 0 Å². The van der Waals surface area contributed by atoms with Gasteiger partial charge in [0.15, 0.2) is 12.0 Å². The van der Waals surface area contributed by atoms with Gasteiger partial charge in [-0.05, 0) is 36.2 Å². The molecule has 4 heterocycles. The smallest absolute Gasteiger partial charge is 0.255 e. The van der Waals surface area contributed by atoms with Gasteiger partial charge in [0.05, 0.1) is 0 Å². The van der Waals surface area contributed by atoms with E-state index in [1.54, 1.807) is 0 Å². The summed E-state index contributed by atoms with van der Waals surface area (Å²) < 4.78 is 19.9. The van der Waals surface area contributed by atoms with Gasteiger partial charge in [0.1, 0.15) is 17.4 Å². The first-order chi connectivity index (χ1) is 17.0. The summed E-state index contributed by atoms with van der Waals surface area (Å²) in [5.74, 6) is -1.64. The fourth-order valence-electron chi connectivity index (χ4n) is 5.30. The number of amides is 3. The average Bonchev–Trinajstić information content (AvgIpc) is 3.44. The molecule has 9 nitrogen and oxygen atoms in total. The number of piperazine rings is 1. The van der Waals surface area contributed by atoms with E-state index in [9.17, 15) is 18.8 Å². The number of aromatic nitrogens is 1. The number of hydrogen-bond donors (Lipinski definition) is 1. The van der Waals surface area contributed by atoms with Crippen molar-refractivity contribution in [2.45, 2.75) is 32.0 Å². The van der Waals surface area contributed by atoms with Gasteiger partial charge in [0.2, 0.25) is 11.8 Å². The molecular formula is C25H24FN5O4. The molecule has 3 aliphatic rings. The predicted octanol–water partition coefficient (Wildman–Crippen LogP) is 2.05. The number of carbonyl (C=O) groups is 3. The maximum atomic E-state index is 14.6. The Labute approximate surface area is 200 Å². The summed E-state index contributed by atoms with van der Waals surface area (Å²) in [5, 5.41) is 2.31. The van der Waals surface area contributed by atoms with Gasteiger partial charge < -0.3 is 14.2 Å². The van der Waals surface area contributed by atoms with Crippen LogP contribution in [-0.2, 0) is 22.7 Å². The monoisotopic (exact) mass is 477 g/mol. The van der Waals surface area contributed by atoms with Gasteiger partial charge in [-0.1, -0.05) is 6.07 Å². The molecule has 3 aliphatic heterocycles. The molecule has 1 aromatic heterocycles. The number of imide groups is 1. The van der Waals surface area contributed by atoms with Crippen LogP contribution in [0.1, 0.15) is 34.3 Å². The maximum Gasteiger partial charge on any atom is 0.255 e. The zero-order chi connectivity index (χ0) is 24.1. The number of halogens is 1. The Morgan fingerprint density at radius 2 is 1.91 bits per heavy atom. The minimum atomic E-state index is -0.720. The van der Waals surface area contributed by atoms with E-state index in [2.05, 4.69) is 20.1 Å². The van der Waals surface area contributed by atoms with Crippen LogP contribution in [0.25, 0.3) is 11.1 Å². The second kappa shape index (κ2) is 8.46. The SMILES string of the molecule is O=C1CCC(N2Cc3c(cc(F)cc3N3CCN(Cc4ccc5ocnc5c4)CC3)C2=O)C(=O)N1. The fourth-order valence-corrected chi connectivity index (χ4v) is 5.30. The van der Waals surface area contributed by atoms with E-state index in [0.717, 1.165) is 41.9 Å². The van der Waals surface area contributed by atoms with Crippen LogP contribution in [0.15, 0.2) is 41.1 Å². The first-order valence-electron chi connectivity index (χ1n) is 11.7. The fraction of sp³-hybridized carbons (Fsp3) is 0.360. The summed E-state index contributed by atoms with van der Waals surface area (Å²) in [5.41, 5.74) is 4.49. The first-order valence-corrected chi connectivity index (χ1v) is 11.7. The number of oxazole rings is 1. The molecule has 0 aliphatic carbocycles. The molecule has 35 heavy (non-hydrogen) atoms. The van der Waals surface area contributed by atoms with Gasteiger partial charge in [0.25, 0.3) is 5.91 Å². The van der Waals surface area contributed by atoms with E-state index < -0.39 is 17.8 Å². The molecule has 1 N–H and O–H groups in total. The van der Waals surface area contributed by atoms with Crippen LogP contribution < -0.4 is 10.2 Å². The van der Waals surface area contributed by atoms with Crippen molar-refractivity contribution in [3.05, 3.63) is 59.2 Å². The molecule has 10 heteroatoms. The van der Waals surface area contributed by atoms with Gasteiger partial charge in [-0.2, -0.15) is 0 Å². The second-order valence-electron chi connectivity index (χ2n) is 9.27. The topological polar surface area (TPSA) is 99.0 Å². The number of rotatable bonds is 4. The predicted molar refractivity (Wildman–Crippen MR) is 124 cm³/mol. The Kier molecular flexibility index (Phi) is 5.25. The van der Waals surface area contributed by atoms with Crippen molar-refractivity contribution in [3.63, 3.8) is 0 Å². The van der Waals surface area contributed by atoms with Crippen molar-refractivity contribution in [3.8, 4) is 0 Å². The second-order valence-corrected chi connectivity index (χ2v) is 9.27. The molecule has 1 atom stereocenters. The van der Waals surface area contributed by atoms with Crippen LogP contribution in [0.5, 0.6) is 0 Å². The normalized spacial score (nSPS) is 21.1. The van der Waals surface area contributed by atoms with Crippen molar-refractivity contribution in [1.82, 2.24) is 20.1 Å². The molecule has 0 radical (unpaired) electrons. The number of fused-ring (bicyclic) bond motifs is 2. The Morgan fingerprint density at radius 1 is 1.09 bits per heavy atom. The highest BCUT2D eigenvalue weighted by atomic mass is 19.1. The quantitative estimate of drug-likeness (QED) is 0.575. The summed E-state index contributed by atoms with van der Waals surface area (Å²) in [7, 11) is 0. The molecule has 180 valence electrons. The highest BCUT2D eigenvalue weighted by molar-refractivity contribution is 6.06. The van der Waals surface area contributed by atoms with Crippen molar-refractivity contribution >= 4 is 34.5 Å². The minimum Gasteiger partial charge on any atom is -0.443 e. The number of hydrogen-bond acceptors (Lipinski definition) is 7. The third-order valence-corrected chi connectivity index (χ3v) is 7.11. The summed E-state index contributed by atoms with van der Waals surface area (Å²) in [6.45, 7) is 3.96. The third-order valence-electron chi connectivity index (χ3n) is 7.11. The molecule has 2 fully saturated rings. The van der Waals surface area contributed by atoms with Crippen LogP contribution in [0.4, 0.5) is 10.1 Å². The molecule has 0 saturated carbocycles. The van der Waals surface area contributed by atoms with E-state index in [1.807, 2.05) is 18.2 Å². The number of benzene rings is 2. The van der Waals surface area contributed by atoms with Crippen LogP contribution in [0, 0.1) is 5.82 Å². The van der Waals surface area contributed by atoms with Crippen LogP contribution >= 0.6 is 0 Å². The summed E-state index contributed by atoms with van der Waals surface area (Å²) >= 11 is 0. The van der Waals surface area contributed by atoms with Crippen molar-refractivity contribution in [1.29, 1.82) is 0 Å². The van der Waals surface area contributed by atoms with Gasteiger partial charge in [-0.25, -0.2) is 9.37 Å². The van der Waals surface area contributed by atoms with E-state index in [0.29, 0.717) is 24.3 Å². The zero-order valence-electron chi connectivity index (χ0n) is 19.0. The maximum absolute atomic E-state index is 14.6. The molecule has 2 saturated heterocycles. The lowest BCUT2D eigenvalue weighted by molar-refractivity contribution is -0.136. The Balaban J connectivity index is 1.17.